The quantitative estimate of drug-likeness (QED) is 0.718. The van der Waals surface area contributed by atoms with Crippen LogP contribution in [0.4, 0.5) is 0 Å². The van der Waals surface area contributed by atoms with E-state index in [2.05, 4.69) is 16.3 Å². The van der Waals surface area contributed by atoms with Crippen molar-refractivity contribution < 1.29 is 19.4 Å². The van der Waals surface area contributed by atoms with Crippen LogP contribution in [0.3, 0.4) is 0 Å². The largest absolute Gasteiger partial charge is 0.493 e. The first kappa shape index (κ1) is 22.4. The van der Waals surface area contributed by atoms with E-state index in [1.165, 1.54) is 19.3 Å². The Labute approximate surface area is 186 Å². The Morgan fingerprint density at radius 3 is 2.55 bits per heavy atom. The van der Waals surface area contributed by atoms with E-state index in [1.807, 2.05) is 12.1 Å². The zero-order valence-electron chi connectivity index (χ0n) is 19.1. The lowest BCUT2D eigenvalue weighted by molar-refractivity contribution is -0.138. The summed E-state index contributed by atoms with van der Waals surface area (Å²) in [4.78, 5) is 15.2. The first-order valence-corrected chi connectivity index (χ1v) is 12.0. The molecule has 2 aliphatic carbocycles. The molecule has 6 nitrogen and oxygen atoms in total. The van der Waals surface area contributed by atoms with Gasteiger partial charge in [0.05, 0.1) is 26.4 Å². The van der Waals surface area contributed by atoms with Crippen molar-refractivity contribution in [2.45, 2.75) is 81.9 Å². The molecule has 0 radical (unpaired) electrons. The number of carbonyl (C=O) groups excluding carboxylic acids is 1. The average molecular weight is 431 g/mol. The Morgan fingerprint density at radius 1 is 1.06 bits per heavy atom. The summed E-state index contributed by atoms with van der Waals surface area (Å²) in [5.41, 5.74) is 0.444. The van der Waals surface area contributed by atoms with Gasteiger partial charge in [-0.15, -0.1) is 0 Å². The summed E-state index contributed by atoms with van der Waals surface area (Å²) in [5, 5.41) is 14.8. The van der Waals surface area contributed by atoms with Crippen LogP contribution < -0.4 is 14.8 Å². The number of hydrogen-bond donors (Lipinski definition) is 2. The highest BCUT2D eigenvalue weighted by Crippen LogP contribution is 2.50. The maximum Gasteiger partial charge on any atom is 0.234 e. The molecule has 1 aromatic carbocycles. The Hall–Kier alpha value is -1.79. The lowest BCUT2D eigenvalue weighted by atomic mass is 9.66. The Morgan fingerprint density at radius 2 is 1.81 bits per heavy atom. The molecular formula is C25H38N2O4. The number of ether oxygens (including phenoxy) is 2. The number of aliphatic hydroxyl groups is 1. The normalized spacial score (nSPS) is 29.8. The second kappa shape index (κ2) is 9.78. The van der Waals surface area contributed by atoms with Gasteiger partial charge in [-0.1, -0.05) is 38.2 Å². The molecule has 6 heteroatoms. The molecule has 3 atom stereocenters. The van der Waals surface area contributed by atoms with Gasteiger partial charge in [0.2, 0.25) is 5.91 Å². The highest BCUT2D eigenvalue weighted by Gasteiger charge is 2.49. The first-order valence-electron chi connectivity index (χ1n) is 12.0. The summed E-state index contributed by atoms with van der Waals surface area (Å²) in [6, 6.07) is 6.34. The molecule has 0 spiro atoms. The van der Waals surface area contributed by atoms with Crippen molar-refractivity contribution in [3.05, 3.63) is 23.8 Å². The van der Waals surface area contributed by atoms with Crippen molar-refractivity contribution in [3.63, 3.8) is 0 Å². The lowest BCUT2D eigenvalue weighted by Crippen LogP contribution is -2.56. The monoisotopic (exact) mass is 430 g/mol. The van der Waals surface area contributed by atoms with Crippen LogP contribution in [-0.2, 0) is 4.79 Å². The molecule has 1 heterocycles. The van der Waals surface area contributed by atoms with E-state index in [-0.39, 0.29) is 17.9 Å². The molecule has 31 heavy (non-hydrogen) atoms. The molecule has 1 amide bonds. The first-order chi connectivity index (χ1) is 15.0. The zero-order valence-corrected chi connectivity index (χ0v) is 19.1. The number of fused-ring (bicyclic) bond motifs is 1. The molecule has 1 aromatic rings. The van der Waals surface area contributed by atoms with Gasteiger partial charge < -0.3 is 19.9 Å². The van der Waals surface area contributed by atoms with Gasteiger partial charge in [-0.3, -0.25) is 9.69 Å². The number of piperidine rings is 1. The molecule has 0 aromatic heterocycles. The Balaban J connectivity index is 1.58. The topological polar surface area (TPSA) is 71.0 Å². The van der Waals surface area contributed by atoms with Crippen LogP contribution in [0, 0.1) is 5.92 Å². The maximum absolute atomic E-state index is 13.0. The summed E-state index contributed by atoms with van der Waals surface area (Å²) in [5.74, 6) is 1.62. The van der Waals surface area contributed by atoms with Crippen molar-refractivity contribution in [2.75, 3.05) is 27.3 Å². The number of rotatable bonds is 6. The minimum absolute atomic E-state index is 0.00374. The number of methoxy groups -OCH3 is 2. The summed E-state index contributed by atoms with van der Waals surface area (Å²) in [6.07, 6.45) is 10.6. The number of amides is 1. The minimum atomic E-state index is -0.646. The van der Waals surface area contributed by atoms with Gasteiger partial charge in [-0.25, -0.2) is 0 Å². The van der Waals surface area contributed by atoms with Crippen molar-refractivity contribution in [2.24, 2.45) is 5.92 Å². The molecule has 0 unspecified atom stereocenters. The van der Waals surface area contributed by atoms with Gasteiger partial charge in [0.15, 0.2) is 11.5 Å². The van der Waals surface area contributed by atoms with Crippen molar-refractivity contribution in [1.29, 1.82) is 0 Å². The number of likely N-dealkylation sites (tertiary alicyclic amines) is 1. The third-order valence-electron chi connectivity index (χ3n) is 7.74. The summed E-state index contributed by atoms with van der Waals surface area (Å²) in [7, 11) is 3.29. The minimum Gasteiger partial charge on any atom is -0.493 e. The third-order valence-corrected chi connectivity index (χ3v) is 7.74. The molecule has 1 saturated heterocycles. The van der Waals surface area contributed by atoms with Crippen molar-refractivity contribution in [3.8, 4) is 11.5 Å². The Bertz CT molecular complexity index is 764. The fraction of sp³-hybridized carbons (Fsp3) is 0.720. The molecule has 2 N–H and O–H groups in total. The number of nitrogens with zero attached hydrogens (tertiary/aromatic N) is 1. The van der Waals surface area contributed by atoms with E-state index in [4.69, 9.17) is 9.47 Å². The lowest BCUT2D eigenvalue weighted by Gasteiger charge is -2.52. The third kappa shape index (κ3) is 4.85. The van der Waals surface area contributed by atoms with Crippen LogP contribution in [-0.4, -0.2) is 54.9 Å². The smallest absolute Gasteiger partial charge is 0.234 e. The van der Waals surface area contributed by atoms with Gasteiger partial charge in [0, 0.05) is 24.5 Å². The van der Waals surface area contributed by atoms with E-state index < -0.39 is 5.60 Å². The summed E-state index contributed by atoms with van der Waals surface area (Å²) >= 11 is 0. The second-order valence-corrected chi connectivity index (χ2v) is 9.64. The summed E-state index contributed by atoms with van der Waals surface area (Å²) in [6.45, 7) is 1.10. The molecule has 4 rings (SSSR count). The van der Waals surface area contributed by atoms with Crippen molar-refractivity contribution in [1.82, 2.24) is 10.2 Å². The van der Waals surface area contributed by atoms with Crippen LogP contribution in [0.2, 0.25) is 0 Å². The highest BCUT2D eigenvalue weighted by atomic mass is 16.5. The van der Waals surface area contributed by atoms with Gasteiger partial charge in [-0.05, 0) is 49.8 Å². The fourth-order valence-electron chi connectivity index (χ4n) is 6.10. The van der Waals surface area contributed by atoms with Crippen LogP contribution in [0.15, 0.2) is 18.2 Å². The van der Waals surface area contributed by atoms with Gasteiger partial charge in [0.1, 0.15) is 0 Å². The van der Waals surface area contributed by atoms with E-state index in [0.29, 0.717) is 24.1 Å². The fourth-order valence-corrected chi connectivity index (χ4v) is 6.10. The van der Waals surface area contributed by atoms with Crippen LogP contribution in [0.5, 0.6) is 11.5 Å². The number of nitrogens with one attached hydrogen (secondary N) is 1. The van der Waals surface area contributed by atoms with E-state index in [9.17, 15) is 9.90 Å². The number of hydrogen-bond acceptors (Lipinski definition) is 5. The van der Waals surface area contributed by atoms with Gasteiger partial charge in [0.25, 0.3) is 0 Å². The van der Waals surface area contributed by atoms with Crippen LogP contribution >= 0.6 is 0 Å². The van der Waals surface area contributed by atoms with Crippen LogP contribution in [0.1, 0.15) is 75.8 Å². The van der Waals surface area contributed by atoms with Gasteiger partial charge in [-0.2, -0.15) is 0 Å². The predicted octanol–water partition coefficient (Wildman–Crippen LogP) is 3.82. The van der Waals surface area contributed by atoms with E-state index in [1.54, 1.807) is 14.2 Å². The average Bonchev–Trinajstić information content (AvgIpc) is 2.79. The molecule has 172 valence electrons. The molecule has 3 aliphatic rings. The van der Waals surface area contributed by atoms with Crippen LogP contribution in [0.25, 0.3) is 0 Å². The maximum atomic E-state index is 13.0. The zero-order chi connectivity index (χ0) is 21.8. The van der Waals surface area contributed by atoms with E-state index >= 15 is 0 Å². The van der Waals surface area contributed by atoms with Gasteiger partial charge >= 0.3 is 0 Å². The SMILES string of the molecule is COc1ccc([C@H]2[C@H]3CCCC[C@]3(O)CCN2CC(=O)NC2CCCCC2)cc1OC. The van der Waals surface area contributed by atoms with E-state index in [0.717, 1.165) is 57.1 Å². The molecule has 0 bridgehead atoms. The Kier molecular flexibility index (Phi) is 7.07. The highest BCUT2D eigenvalue weighted by molar-refractivity contribution is 5.78. The number of benzene rings is 1. The number of carbonyl (C=O) groups is 1. The standard InChI is InChI=1S/C25H38N2O4/c1-30-21-12-11-18(16-22(21)31-2)24-20-10-6-7-13-25(20,29)14-15-27(24)17-23(28)26-19-8-4-3-5-9-19/h11-12,16,19-20,24,29H,3-10,13-15,17H2,1-2H3,(H,26,28)/t20-,24+,25+/m1/s1. The predicted molar refractivity (Wildman–Crippen MR) is 120 cm³/mol. The second-order valence-electron chi connectivity index (χ2n) is 9.64. The molecular weight excluding hydrogens is 392 g/mol. The van der Waals surface area contributed by atoms with Crippen molar-refractivity contribution >= 4 is 5.91 Å². The molecule has 3 fully saturated rings. The summed E-state index contributed by atoms with van der Waals surface area (Å²) < 4.78 is 11.0. The molecule has 1 aliphatic heterocycles. The molecule has 2 saturated carbocycles.